The topological polar surface area (TPSA) is 55.8 Å². The highest BCUT2D eigenvalue weighted by Gasteiger charge is 2.22. The van der Waals surface area contributed by atoms with E-state index in [4.69, 9.17) is 4.74 Å². The number of esters is 2. The fourth-order valence-electron chi connectivity index (χ4n) is 2.19. The van der Waals surface area contributed by atoms with Gasteiger partial charge in [0.15, 0.2) is 0 Å². The van der Waals surface area contributed by atoms with Crippen LogP contribution >= 0.6 is 0 Å². The lowest BCUT2D eigenvalue weighted by atomic mass is 9.95. The van der Waals surface area contributed by atoms with Crippen LogP contribution in [-0.2, 0) is 19.1 Å². The summed E-state index contributed by atoms with van der Waals surface area (Å²) >= 11 is 0. The largest absolute Gasteiger partial charge is 0.469 e. The number of carbonyl (C=O) groups is 2. The van der Waals surface area contributed by atoms with E-state index in [0.29, 0.717) is 6.54 Å². The molecule has 1 rings (SSSR count). The Labute approximate surface area is 102 Å². The van der Waals surface area contributed by atoms with Gasteiger partial charge in [-0.3, -0.25) is 14.5 Å². The van der Waals surface area contributed by atoms with Gasteiger partial charge in [-0.05, 0) is 38.8 Å². The maximum atomic E-state index is 11.4. The molecule has 1 heterocycles. The molecule has 0 saturated carbocycles. The Morgan fingerprint density at radius 1 is 1.12 bits per heavy atom. The van der Waals surface area contributed by atoms with E-state index in [1.54, 1.807) is 0 Å². The maximum absolute atomic E-state index is 11.4. The normalized spacial score (nSPS) is 19.2. The number of nitrogens with zero attached hydrogens (tertiary/aromatic N) is 1. The molecule has 0 N–H and O–H groups in total. The van der Waals surface area contributed by atoms with Crippen molar-refractivity contribution < 1.29 is 19.1 Å². The molecule has 98 valence electrons. The molecule has 1 saturated heterocycles. The van der Waals surface area contributed by atoms with Crippen molar-refractivity contribution in [3.05, 3.63) is 0 Å². The second kappa shape index (κ2) is 7.27. The van der Waals surface area contributed by atoms with Gasteiger partial charge in [0.05, 0.1) is 26.7 Å². The van der Waals surface area contributed by atoms with Crippen molar-refractivity contribution >= 4 is 11.9 Å². The predicted molar refractivity (Wildman–Crippen MR) is 62.4 cm³/mol. The molecule has 1 aliphatic heterocycles. The first-order valence-electron chi connectivity index (χ1n) is 6.04. The fraction of sp³-hybridized carbons (Fsp3) is 0.833. The van der Waals surface area contributed by atoms with Gasteiger partial charge in [-0.15, -0.1) is 0 Å². The summed E-state index contributed by atoms with van der Waals surface area (Å²) in [5.41, 5.74) is 0. The maximum Gasteiger partial charge on any atom is 0.319 e. The number of hydrogen-bond donors (Lipinski definition) is 0. The van der Waals surface area contributed by atoms with Crippen molar-refractivity contribution in [2.75, 3.05) is 33.9 Å². The molecule has 17 heavy (non-hydrogen) atoms. The average Bonchev–Trinajstić information content (AvgIpc) is 2.31. The molecule has 0 amide bonds. The smallest absolute Gasteiger partial charge is 0.319 e. The summed E-state index contributed by atoms with van der Waals surface area (Å²) in [4.78, 5) is 24.7. The van der Waals surface area contributed by atoms with Crippen LogP contribution in [0.1, 0.15) is 25.7 Å². The summed E-state index contributed by atoms with van der Waals surface area (Å²) in [6, 6.07) is 0. The standard InChI is InChI=1S/C12H21NO4/c1-16-11(14)9-13-7-3-5-10(6-4-8-13)12(15)17-2/h10H,3-9H2,1-2H3. The highest BCUT2D eigenvalue weighted by molar-refractivity contribution is 5.72. The molecule has 5 heteroatoms. The van der Waals surface area contributed by atoms with Gasteiger partial charge < -0.3 is 9.47 Å². The molecule has 0 radical (unpaired) electrons. The van der Waals surface area contributed by atoms with E-state index in [1.165, 1.54) is 14.2 Å². The molecule has 0 atom stereocenters. The van der Waals surface area contributed by atoms with Crippen LogP contribution in [0.2, 0.25) is 0 Å². The van der Waals surface area contributed by atoms with Crippen LogP contribution in [0.3, 0.4) is 0 Å². The van der Waals surface area contributed by atoms with Crippen LogP contribution in [0, 0.1) is 5.92 Å². The van der Waals surface area contributed by atoms with Crippen molar-refractivity contribution in [3.8, 4) is 0 Å². The Morgan fingerprint density at radius 3 is 2.18 bits per heavy atom. The van der Waals surface area contributed by atoms with Gasteiger partial charge in [-0.2, -0.15) is 0 Å². The van der Waals surface area contributed by atoms with E-state index in [9.17, 15) is 9.59 Å². The molecular formula is C12H21NO4. The number of rotatable bonds is 3. The number of methoxy groups -OCH3 is 2. The third-order valence-corrected chi connectivity index (χ3v) is 3.17. The molecule has 0 aromatic carbocycles. The van der Waals surface area contributed by atoms with Crippen molar-refractivity contribution in [2.24, 2.45) is 5.92 Å². The molecule has 0 aliphatic carbocycles. The first-order chi connectivity index (χ1) is 8.17. The van der Waals surface area contributed by atoms with E-state index >= 15 is 0 Å². The number of likely N-dealkylation sites (tertiary alicyclic amines) is 1. The van der Waals surface area contributed by atoms with Crippen molar-refractivity contribution in [1.29, 1.82) is 0 Å². The molecule has 1 aliphatic rings. The van der Waals surface area contributed by atoms with Gasteiger partial charge in [-0.25, -0.2) is 0 Å². The minimum atomic E-state index is -0.199. The molecule has 0 aromatic rings. The monoisotopic (exact) mass is 243 g/mol. The first kappa shape index (κ1) is 14.0. The summed E-state index contributed by atoms with van der Waals surface area (Å²) in [7, 11) is 2.84. The summed E-state index contributed by atoms with van der Waals surface area (Å²) in [6.07, 6.45) is 3.50. The van der Waals surface area contributed by atoms with Gasteiger partial charge >= 0.3 is 11.9 Å². The Bertz CT molecular complexity index is 257. The second-order valence-electron chi connectivity index (χ2n) is 4.36. The highest BCUT2D eigenvalue weighted by Crippen LogP contribution is 2.19. The van der Waals surface area contributed by atoms with Crippen LogP contribution in [-0.4, -0.2) is 50.7 Å². The van der Waals surface area contributed by atoms with Gasteiger partial charge in [0.2, 0.25) is 0 Å². The average molecular weight is 243 g/mol. The number of hydrogen-bond acceptors (Lipinski definition) is 5. The molecule has 1 fully saturated rings. The summed E-state index contributed by atoms with van der Waals surface area (Å²) in [5.74, 6) is -0.276. The van der Waals surface area contributed by atoms with E-state index < -0.39 is 0 Å². The van der Waals surface area contributed by atoms with E-state index in [1.807, 2.05) is 0 Å². The quantitative estimate of drug-likeness (QED) is 0.687. The highest BCUT2D eigenvalue weighted by atomic mass is 16.5. The molecule has 0 unspecified atom stereocenters. The molecule has 0 bridgehead atoms. The lowest BCUT2D eigenvalue weighted by Crippen LogP contribution is -2.35. The first-order valence-corrected chi connectivity index (χ1v) is 6.04. The Kier molecular flexibility index (Phi) is 5.97. The Hall–Kier alpha value is -1.10. The molecular weight excluding hydrogens is 222 g/mol. The van der Waals surface area contributed by atoms with Gasteiger partial charge in [0, 0.05) is 0 Å². The van der Waals surface area contributed by atoms with Crippen LogP contribution in [0.15, 0.2) is 0 Å². The zero-order valence-corrected chi connectivity index (χ0v) is 10.6. The lowest BCUT2D eigenvalue weighted by Gasteiger charge is -2.25. The Morgan fingerprint density at radius 2 is 1.71 bits per heavy atom. The Balaban J connectivity index is 2.36. The van der Waals surface area contributed by atoms with Crippen molar-refractivity contribution in [1.82, 2.24) is 4.90 Å². The molecule has 0 aromatic heterocycles. The van der Waals surface area contributed by atoms with E-state index in [2.05, 4.69) is 9.64 Å². The van der Waals surface area contributed by atoms with E-state index in [0.717, 1.165) is 38.8 Å². The van der Waals surface area contributed by atoms with Crippen LogP contribution in [0.25, 0.3) is 0 Å². The number of carbonyl (C=O) groups excluding carboxylic acids is 2. The van der Waals surface area contributed by atoms with E-state index in [-0.39, 0.29) is 17.9 Å². The third-order valence-electron chi connectivity index (χ3n) is 3.17. The minimum absolute atomic E-state index is 0.0280. The minimum Gasteiger partial charge on any atom is -0.469 e. The van der Waals surface area contributed by atoms with Gasteiger partial charge in [-0.1, -0.05) is 0 Å². The SMILES string of the molecule is COC(=O)CN1CCCC(C(=O)OC)CCC1. The summed E-state index contributed by atoms with van der Waals surface area (Å²) < 4.78 is 9.42. The summed E-state index contributed by atoms with van der Waals surface area (Å²) in [6.45, 7) is 2.02. The lowest BCUT2D eigenvalue weighted by molar-refractivity contribution is -0.147. The predicted octanol–water partition coefficient (Wildman–Crippen LogP) is 0.825. The van der Waals surface area contributed by atoms with Crippen LogP contribution in [0.5, 0.6) is 0 Å². The van der Waals surface area contributed by atoms with Gasteiger partial charge in [0.25, 0.3) is 0 Å². The third kappa shape index (κ3) is 4.73. The zero-order chi connectivity index (χ0) is 12.7. The number of ether oxygens (including phenoxy) is 2. The van der Waals surface area contributed by atoms with Gasteiger partial charge in [0.1, 0.15) is 0 Å². The van der Waals surface area contributed by atoms with Crippen molar-refractivity contribution in [3.63, 3.8) is 0 Å². The fourth-order valence-corrected chi connectivity index (χ4v) is 2.19. The summed E-state index contributed by atoms with van der Waals surface area (Å²) in [5, 5.41) is 0. The molecule has 5 nitrogen and oxygen atoms in total. The van der Waals surface area contributed by atoms with Crippen molar-refractivity contribution in [2.45, 2.75) is 25.7 Å². The van der Waals surface area contributed by atoms with Crippen LogP contribution in [0.4, 0.5) is 0 Å². The van der Waals surface area contributed by atoms with Crippen LogP contribution < -0.4 is 0 Å². The zero-order valence-electron chi connectivity index (χ0n) is 10.6. The second-order valence-corrected chi connectivity index (χ2v) is 4.36. The molecule has 0 spiro atoms.